The Bertz CT molecular complexity index is 1370. The van der Waals surface area contributed by atoms with Crippen LogP contribution >= 0.6 is 39.3 Å². The number of carbonyl (C=O) groups excluding carboxylic acids is 3. The van der Waals surface area contributed by atoms with Gasteiger partial charge in [-0.1, -0.05) is 82.1 Å². The van der Waals surface area contributed by atoms with Crippen LogP contribution in [0.1, 0.15) is 30.0 Å². The Morgan fingerprint density at radius 1 is 1.24 bits per heavy atom. The van der Waals surface area contributed by atoms with Gasteiger partial charge in [-0.25, -0.2) is 0 Å². The molecule has 3 fully saturated rings. The normalized spacial score (nSPS) is 28.3. The highest BCUT2D eigenvalue weighted by Crippen LogP contribution is 2.68. The quantitative estimate of drug-likeness (QED) is 0.147. The molecular formula is C32H34BrClN2O5S. The van der Waals surface area contributed by atoms with E-state index in [9.17, 15) is 19.5 Å². The van der Waals surface area contributed by atoms with Gasteiger partial charge in [0.1, 0.15) is 6.04 Å². The smallest absolute Gasteiger partial charge is 0.310 e. The van der Waals surface area contributed by atoms with E-state index in [1.54, 1.807) is 23.1 Å². The fraction of sp³-hybridized carbons (Fsp3) is 0.406. The Balaban J connectivity index is 1.66. The molecule has 2 bridgehead atoms. The van der Waals surface area contributed by atoms with E-state index in [0.29, 0.717) is 29.1 Å². The second-order valence-electron chi connectivity index (χ2n) is 10.9. The summed E-state index contributed by atoms with van der Waals surface area (Å²) in [5, 5.41) is 10.9. The average molecular weight is 674 g/mol. The summed E-state index contributed by atoms with van der Waals surface area (Å²) in [5.41, 5.74) is 2.05. The first-order valence-corrected chi connectivity index (χ1v) is 16.1. The number of anilines is 1. The van der Waals surface area contributed by atoms with E-state index < -0.39 is 41.2 Å². The lowest BCUT2D eigenvalue weighted by atomic mass is 9.71. The molecule has 2 aromatic rings. The van der Waals surface area contributed by atoms with Crippen molar-refractivity contribution in [3.8, 4) is 0 Å². The van der Waals surface area contributed by atoms with E-state index in [0.717, 1.165) is 5.56 Å². The van der Waals surface area contributed by atoms with E-state index in [1.807, 2.05) is 49.4 Å². The number of hydrogen-bond acceptors (Lipinski definition) is 6. The number of fused-ring (bicyclic) bond motifs is 1. The summed E-state index contributed by atoms with van der Waals surface area (Å²) in [4.78, 5) is 46.1. The molecule has 2 amide bonds. The molecule has 3 saturated heterocycles. The molecule has 3 aliphatic rings. The summed E-state index contributed by atoms with van der Waals surface area (Å²) in [6.07, 6.45) is 4.30. The predicted molar refractivity (Wildman–Crippen MR) is 170 cm³/mol. The van der Waals surface area contributed by atoms with Gasteiger partial charge >= 0.3 is 5.97 Å². The summed E-state index contributed by atoms with van der Waals surface area (Å²) in [7, 11) is 0. The van der Waals surface area contributed by atoms with Crippen molar-refractivity contribution in [2.45, 2.75) is 46.7 Å². The summed E-state index contributed by atoms with van der Waals surface area (Å²) in [6.45, 7) is 9.39. The van der Waals surface area contributed by atoms with E-state index >= 15 is 0 Å². The van der Waals surface area contributed by atoms with Crippen LogP contribution < -0.4 is 4.90 Å². The number of rotatable bonds is 11. The first-order valence-electron chi connectivity index (χ1n) is 14.0. The standard InChI is InChI=1S/C32H34BrClN2O5S/c1-4-6-16-41-31(40)24-25-29(38)36(23(18-37)20-12-8-7-9-13-20)28(32(25)17-21(33)27(24)42-32)30(39)35(15-5-2)26-19(3)11-10-14-22(26)34/h4-5,7-14,21,23-25,27-28,37H,1-2,6,15-18H2,3H3/t21?,23-,24+,25+,27+,28?,32?/m1/s1. The molecule has 1 N–H and O–H groups in total. The van der Waals surface area contributed by atoms with E-state index in [4.69, 9.17) is 16.3 Å². The number of ether oxygens (including phenoxy) is 1. The number of benzene rings is 2. The number of para-hydroxylation sites is 1. The Kier molecular flexibility index (Phi) is 9.23. The second-order valence-corrected chi connectivity index (χ2v) is 14.0. The largest absolute Gasteiger partial charge is 0.465 e. The highest BCUT2D eigenvalue weighted by atomic mass is 79.9. The van der Waals surface area contributed by atoms with Gasteiger partial charge in [-0.15, -0.1) is 24.9 Å². The number of amides is 2. The summed E-state index contributed by atoms with van der Waals surface area (Å²) >= 11 is 12.0. The zero-order chi connectivity index (χ0) is 30.2. The van der Waals surface area contributed by atoms with Crippen LogP contribution in [0.15, 0.2) is 73.8 Å². The fourth-order valence-electron chi connectivity index (χ4n) is 6.85. The van der Waals surface area contributed by atoms with E-state index in [1.165, 1.54) is 16.7 Å². The SMILES string of the molecule is C=CCCOC(=O)[C@H]1[C@H]2C(=O)N([C@H](CO)c3ccccc3)C(C(=O)N(CC=C)c3c(C)cccc3Cl)C23CC(Br)[C@@H]1S3. The van der Waals surface area contributed by atoms with Crippen LogP contribution in [0.25, 0.3) is 0 Å². The van der Waals surface area contributed by atoms with Crippen molar-refractivity contribution in [1.29, 1.82) is 0 Å². The monoisotopic (exact) mass is 672 g/mol. The summed E-state index contributed by atoms with van der Waals surface area (Å²) in [6, 6.07) is 12.8. The van der Waals surface area contributed by atoms with Gasteiger partial charge in [-0.2, -0.15) is 0 Å². The molecule has 42 heavy (non-hydrogen) atoms. The average Bonchev–Trinajstić information content (AvgIpc) is 3.57. The maximum Gasteiger partial charge on any atom is 0.310 e. The third-order valence-electron chi connectivity index (χ3n) is 8.53. The van der Waals surface area contributed by atoms with Gasteiger partial charge < -0.3 is 19.6 Å². The molecule has 10 heteroatoms. The number of alkyl halides is 1. The number of carbonyl (C=O) groups is 3. The molecule has 1 spiro atoms. The molecule has 5 rings (SSSR count). The van der Waals surface area contributed by atoms with Crippen LogP contribution in [0, 0.1) is 18.8 Å². The van der Waals surface area contributed by atoms with Crippen molar-refractivity contribution in [2.75, 3.05) is 24.7 Å². The lowest BCUT2D eigenvalue weighted by Gasteiger charge is -2.40. The van der Waals surface area contributed by atoms with Crippen molar-refractivity contribution in [3.63, 3.8) is 0 Å². The first kappa shape index (κ1) is 30.9. The molecule has 3 unspecified atom stereocenters. The Morgan fingerprint density at radius 2 is 1.98 bits per heavy atom. The maximum absolute atomic E-state index is 15.0. The highest BCUT2D eigenvalue weighted by molar-refractivity contribution is 9.09. The number of hydrogen-bond donors (Lipinski definition) is 1. The molecule has 0 radical (unpaired) electrons. The first-order chi connectivity index (χ1) is 20.2. The predicted octanol–water partition coefficient (Wildman–Crippen LogP) is 5.48. The minimum atomic E-state index is -0.982. The van der Waals surface area contributed by atoms with Crippen LogP contribution in [0.5, 0.6) is 0 Å². The molecule has 7 atom stereocenters. The fourth-order valence-corrected chi connectivity index (χ4v) is 10.8. The van der Waals surface area contributed by atoms with Crippen molar-refractivity contribution in [3.05, 3.63) is 90.0 Å². The number of thioether (sulfide) groups is 1. The van der Waals surface area contributed by atoms with Gasteiger partial charge in [-0.05, 0) is 37.0 Å². The van der Waals surface area contributed by atoms with Gasteiger partial charge in [0.2, 0.25) is 5.91 Å². The number of aliphatic hydroxyl groups is 1. The van der Waals surface area contributed by atoms with Crippen LogP contribution in [-0.2, 0) is 19.1 Å². The van der Waals surface area contributed by atoms with Crippen molar-refractivity contribution >= 4 is 62.8 Å². The van der Waals surface area contributed by atoms with Crippen LogP contribution in [-0.4, -0.2) is 68.4 Å². The number of aryl methyl sites for hydroxylation is 1. The summed E-state index contributed by atoms with van der Waals surface area (Å²) < 4.78 is 4.69. The minimum absolute atomic E-state index is 0.113. The summed E-state index contributed by atoms with van der Waals surface area (Å²) in [5.74, 6) is -2.63. The zero-order valence-electron chi connectivity index (χ0n) is 23.3. The number of esters is 1. The van der Waals surface area contributed by atoms with Crippen LogP contribution in [0.4, 0.5) is 5.69 Å². The van der Waals surface area contributed by atoms with Gasteiger partial charge in [-0.3, -0.25) is 14.4 Å². The van der Waals surface area contributed by atoms with Gasteiger partial charge in [0.15, 0.2) is 0 Å². The molecule has 3 aliphatic heterocycles. The number of halogens is 2. The molecule has 0 aromatic heterocycles. The topological polar surface area (TPSA) is 87.1 Å². The molecule has 0 saturated carbocycles. The number of likely N-dealkylation sites (tertiary alicyclic amines) is 1. The zero-order valence-corrected chi connectivity index (χ0v) is 26.5. The number of nitrogens with zero attached hydrogens (tertiary/aromatic N) is 2. The number of aliphatic hydroxyl groups excluding tert-OH is 1. The maximum atomic E-state index is 15.0. The van der Waals surface area contributed by atoms with Gasteiger partial charge in [0.05, 0.1) is 46.5 Å². The third kappa shape index (κ3) is 5.02. The second kappa shape index (κ2) is 12.6. The Morgan fingerprint density at radius 3 is 2.62 bits per heavy atom. The molecule has 3 heterocycles. The van der Waals surface area contributed by atoms with Crippen LogP contribution in [0.3, 0.4) is 0 Å². The third-order valence-corrected chi connectivity index (χ3v) is 12.1. The van der Waals surface area contributed by atoms with Gasteiger partial charge in [0, 0.05) is 16.6 Å². The van der Waals surface area contributed by atoms with E-state index in [2.05, 4.69) is 29.1 Å². The Hall–Kier alpha value is -2.59. The molecule has 0 aliphatic carbocycles. The Labute approximate surface area is 264 Å². The highest BCUT2D eigenvalue weighted by Gasteiger charge is 2.77. The molecular weight excluding hydrogens is 640 g/mol. The van der Waals surface area contributed by atoms with Gasteiger partial charge in [0.25, 0.3) is 5.91 Å². The molecule has 2 aromatic carbocycles. The lowest BCUT2D eigenvalue weighted by molar-refractivity contribution is -0.154. The van der Waals surface area contributed by atoms with Crippen molar-refractivity contribution in [1.82, 2.24) is 4.90 Å². The van der Waals surface area contributed by atoms with E-state index in [-0.39, 0.29) is 35.0 Å². The van der Waals surface area contributed by atoms with Crippen molar-refractivity contribution in [2.24, 2.45) is 11.8 Å². The molecule has 7 nitrogen and oxygen atoms in total. The molecule has 222 valence electrons. The van der Waals surface area contributed by atoms with Crippen molar-refractivity contribution < 1.29 is 24.2 Å². The lowest BCUT2D eigenvalue weighted by Crippen LogP contribution is -2.56. The van der Waals surface area contributed by atoms with Crippen LogP contribution in [0.2, 0.25) is 5.02 Å². The minimum Gasteiger partial charge on any atom is -0.465 e.